The molecule has 0 aromatic heterocycles. The molecule has 0 radical (unpaired) electrons. The van der Waals surface area contributed by atoms with Gasteiger partial charge in [-0.2, -0.15) is 0 Å². The van der Waals surface area contributed by atoms with Crippen LogP contribution in [-0.2, 0) is 0 Å². The van der Waals surface area contributed by atoms with Crippen LogP contribution in [0.3, 0.4) is 0 Å². The van der Waals surface area contributed by atoms with Crippen LogP contribution in [0.1, 0.15) is 23.3 Å². The average Bonchev–Trinajstić information content (AvgIpc) is 2.79. The van der Waals surface area contributed by atoms with Gasteiger partial charge in [0.1, 0.15) is 36.9 Å². The summed E-state index contributed by atoms with van der Waals surface area (Å²) in [6, 6.07) is 23.3. The first-order valence-electron chi connectivity index (χ1n) is 9.94. The first-order valence-corrected chi connectivity index (χ1v) is 9.94. The number of ether oxygens (including phenoxy) is 2. The van der Waals surface area contributed by atoms with Crippen molar-refractivity contribution in [2.75, 3.05) is 13.2 Å². The van der Waals surface area contributed by atoms with E-state index in [9.17, 15) is 10.2 Å². The summed E-state index contributed by atoms with van der Waals surface area (Å²) in [6.45, 7) is 4.57. The highest BCUT2D eigenvalue weighted by molar-refractivity contribution is 5.86. The molecule has 5 rings (SSSR count). The van der Waals surface area contributed by atoms with E-state index >= 15 is 0 Å². The van der Waals surface area contributed by atoms with Crippen molar-refractivity contribution in [3.63, 3.8) is 0 Å². The second kappa shape index (κ2) is 7.48. The SMILES string of the molecule is C=C1COc2cc3ccccc3cc2C(O)C(O)c2cc3ccccc3cc2OC1. The van der Waals surface area contributed by atoms with Gasteiger partial charge in [-0.3, -0.25) is 0 Å². The third-order valence-corrected chi connectivity index (χ3v) is 5.56. The van der Waals surface area contributed by atoms with Gasteiger partial charge in [0, 0.05) is 11.1 Å². The van der Waals surface area contributed by atoms with E-state index < -0.39 is 12.2 Å². The van der Waals surface area contributed by atoms with Crippen molar-refractivity contribution in [3.8, 4) is 11.5 Å². The van der Waals surface area contributed by atoms with Gasteiger partial charge in [-0.05, 0) is 51.4 Å². The van der Waals surface area contributed by atoms with Crippen LogP contribution in [0.15, 0.2) is 84.9 Å². The Morgan fingerprint density at radius 2 is 1.00 bits per heavy atom. The summed E-state index contributed by atoms with van der Waals surface area (Å²) < 4.78 is 12.0. The number of aliphatic hydroxyl groups is 2. The van der Waals surface area contributed by atoms with E-state index in [0.29, 0.717) is 22.6 Å². The van der Waals surface area contributed by atoms with Gasteiger partial charge in [-0.1, -0.05) is 55.1 Å². The molecule has 1 heterocycles. The number of rotatable bonds is 0. The van der Waals surface area contributed by atoms with Crippen LogP contribution in [0.2, 0.25) is 0 Å². The Hall–Kier alpha value is -3.34. The summed E-state index contributed by atoms with van der Waals surface area (Å²) in [7, 11) is 0. The fourth-order valence-corrected chi connectivity index (χ4v) is 3.93. The fraction of sp³-hybridized carbons (Fsp3) is 0.154. The predicted octanol–water partition coefficient (Wildman–Crippen LogP) is 5.09. The molecule has 0 saturated carbocycles. The molecular formula is C26H22O4. The van der Waals surface area contributed by atoms with Gasteiger partial charge in [0.25, 0.3) is 0 Å². The maximum Gasteiger partial charge on any atom is 0.126 e. The normalized spacial score (nSPS) is 19.3. The van der Waals surface area contributed by atoms with Crippen LogP contribution in [0.5, 0.6) is 11.5 Å². The topological polar surface area (TPSA) is 58.9 Å². The summed E-state index contributed by atoms with van der Waals surface area (Å²) in [5.74, 6) is 1.07. The summed E-state index contributed by atoms with van der Waals surface area (Å²) in [4.78, 5) is 0. The smallest absolute Gasteiger partial charge is 0.126 e. The monoisotopic (exact) mass is 398 g/mol. The Kier molecular flexibility index (Phi) is 4.66. The molecule has 1 aliphatic heterocycles. The van der Waals surface area contributed by atoms with Gasteiger partial charge in [-0.15, -0.1) is 0 Å². The summed E-state index contributed by atoms with van der Waals surface area (Å²) in [5.41, 5.74) is 1.84. The van der Waals surface area contributed by atoms with E-state index in [1.54, 1.807) is 0 Å². The third-order valence-electron chi connectivity index (χ3n) is 5.56. The van der Waals surface area contributed by atoms with E-state index in [1.807, 2.05) is 72.8 Å². The van der Waals surface area contributed by atoms with Crippen LogP contribution in [0.4, 0.5) is 0 Å². The minimum absolute atomic E-state index is 0.261. The van der Waals surface area contributed by atoms with Crippen molar-refractivity contribution < 1.29 is 19.7 Å². The standard InChI is InChI=1S/C26H22O4/c1-16-14-29-23-12-19-8-4-2-6-17(19)10-21(23)25(27)26(28)22-11-18-7-3-5-9-20(18)13-24(22)30-15-16/h2-13,25-28H,1,14-15H2. The lowest BCUT2D eigenvalue weighted by Crippen LogP contribution is -2.13. The molecule has 2 atom stereocenters. The first-order chi connectivity index (χ1) is 14.6. The molecule has 4 nitrogen and oxygen atoms in total. The molecule has 150 valence electrons. The van der Waals surface area contributed by atoms with Gasteiger partial charge in [0.05, 0.1) is 0 Å². The molecule has 0 aliphatic carbocycles. The summed E-state index contributed by atoms with van der Waals surface area (Å²) >= 11 is 0. The molecular weight excluding hydrogens is 376 g/mol. The van der Waals surface area contributed by atoms with E-state index in [1.165, 1.54) is 0 Å². The molecule has 1 aliphatic rings. The Morgan fingerprint density at radius 1 is 0.633 bits per heavy atom. The minimum Gasteiger partial charge on any atom is -0.489 e. The number of fused-ring (bicyclic) bond motifs is 4. The van der Waals surface area contributed by atoms with E-state index in [-0.39, 0.29) is 13.2 Å². The van der Waals surface area contributed by atoms with Crippen molar-refractivity contribution in [1.82, 2.24) is 0 Å². The largest absolute Gasteiger partial charge is 0.489 e. The van der Waals surface area contributed by atoms with Gasteiger partial charge in [0.2, 0.25) is 0 Å². The fourth-order valence-electron chi connectivity index (χ4n) is 3.93. The zero-order valence-corrected chi connectivity index (χ0v) is 16.4. The number of hydrogen-bond acceptors (Lipinski definition) is 4. The zero-order valence-electron chi connectivity index (χ0n) is 16.4. The Morgan fingerprint density at radius 3 is 1.40 bits per heavy atom. The van der Waals surface area contributed by atoms with Crippen LogP contribution >= 0.6 is 0 Å². The summed E-state index contributed by atoms with van der Waals surface area (Å²) in [5, 5.41) is 26.3. The molecule has 0 fully saturated rings. The lowest BCUT2D eigenvalue weighted by molar-refractivity contribution is 0.0147. The van der Waals surface area contributed by atoms with Crippen molar-refractivity contribution >= 4 is 21.5 Å². The van der Waals surface area contributed by atoms with Crippen molar-refractivity contribution in [2.24, 2.45) is 0 Å². The van der Waals surface area contributed by atoms with E-state index in [2.05, 4.69) is 6.58 Å². The van der Waals surface area contributed by atoms with Crippen LogP contribution < -0.4 is 9.47 Å². The highest BCUT2D eigenvalue weighted by Crippen LogP contribution is 2.41. The Labute approximate surface area is 174 Å². The third kappa shape index (κ3) is 3.30. The van der Waals surface area contributed by atoms with E-state index in [0.717, 1.165) is 27.1 Å². The quantitative estimate of drug-likeness (QED) is 0.405. The van der Waals surface area contributed by atoms with Gasteiger partial charge in [0.15, 0.2) is 0 Å². The second-order valence-electron chi connectivity index (χ2n) is 7.69. The first kappa shape index (κ1) is 18.7. The Balaban J connectivity index is 1.69. The van der Waals surface area contributed by atoms with Crippen molar-refractivity contribution in [1.29, 1.82) is 0 Å². The molecule has 0 spiro atoms. The molecule has 30 heavy (non-hydrogen) atoms. The molecule has 0 bridgehead atoms. The van der Waals surface area contributed by atoms with Crippen LogP contribution in [0, 0.1) is 0 Å². The van der Waals surface area contributed by atoms with Crippen LogP contribution in [0.25, 0.3) is 21.5 Å². The number of hydrogen-bond donors (Lipinski definition) is 2. The zero-order chi connectivity index (χ0) is 20.7. The molecule has 2 N–H and O–H groups in total. The number of aliphatic hydroxyl groups excluding tert-OH is 2. The molecule has 0 amide bonds. The van der Waals surface area contributed by atoms with Crippen LogP contribution in [-0.4, -0.2) is 23.4 Å². The van der Waals surface area contributed by atoms with Crippen molar-refractivity contribution in [2.45, 2.75) is 12.2 Å². The molecule has 4 aromatic carbocycles. The molecule has 0 saturated heterocycles. The molecule has 4 heteroatoms. The van der Waals surface area contributed by atoms with Crippen molar-refractivity contribution in [3.05, 3.63) is 96.1 Å². The van der Waals surface area contributed by atoms with E-state index in [4.69, 9.17) is 9.47 Å². The highest BCUT2D eigenvalue weighted by Gasteiger charge is 2.28. The maximum atomic E-state index is 11.2. The second-order valence-corrected chi connectivity index (χ2v) is 7.69. The number of benzene rings is 4. The molecule has 4 aromatic rings. The van der Waals surface area contributed by atoms with Gasteiger partial charge >= 0.3 is 0 Å². The highest BCUT2D eigenvalue weighted by atomic mass is 16.5. The predicted molar refractivity (Wildman–Crippen MR) is 118 cm³/mol. The average molecular weight is 398 g/mol. The summed E-state index contributed by atoms with van der Waals surface area (Å²) in [6.07, 6.45) is -2.36. The Bertz CT molecular complexity index is 1160. The minimum atomic E-state index is -1.18. The lowest BCUT2D eigenvalue weighted by atomic mass is 9.93. The lowest BCUT2D eigenvalue weighted by Gasteiger charge is -2.23. The van der Waals surface area contributed by atoms with Gasteiger partial charge in [-0.25, -0.2) is 0 Å². The van der Waals surface area contributed by atoms with Gasteiger partial charge < -0.3 is 19.7 Å². The maximum absolute atomic E-state index is 11.2. The molecule has 2 unspecified atom stereocenters.